The lowest BCUT2D eigenvalue weighted by Gasteiger charge is -2.07. The van der Waals surface area contributed by atoms with Gasteiger partial charge in [0.2, 0.25) is 0 Å². The summed E-state index contributed by atoms with van der Waals surface area (Å²) in [5.41, 5.74) is 3.92. The summed E-state index contributed by atoms with van der Waals surface area (Å²) in [7, 11) is 1.64. The second kappa shape index (κ2) is 6.70. The molecule has 0 saturated heterocycles. The lowest BCUT2D eigenvalue weighted by molar-refractivity contribution is 0.0955. The molecule has 0 unspecified atom stereocenters. The highest BCUT2D eigenvalue weighted by Crippen LogP contribution is 2.27. The molecule has 0 aliphatic heterocycles. The summed E-state index contributed by atoms with van der Waals surface area (Å²) in [5.74, 6) is 0.528. The monoisotopic (exact) mass is 305 g/mol. The number of carbonyl (C=O) groups excluding carboxylic acids is 1. The number of hydrogen-bond donors (Lipinski definition) is 1. The largest absolute Gasteiger partial charge is 0.496 e. The van der Waals surface area contributed by atoms with E-state index in [2.05, 4.69) is 15.5 Å². The van der Waals surface area contributed by atoms with Crippen LogP contribution < -0.4 is 10.2 Å². The highest BCUT2D eigenvalue weighted by Gasteiger charge is 2.05. The maximum atomic E-state index is 11.9. The molecule has 2 aromatic carbocycles. The molecular weight excluding hydrogens is 290 g/mol. The molecule has 1 aromatic heterocycles. The van der Waals surface area contributed by atoms with Crippen molar-refractivity contribution in [3.05, 3.63) is 72.1 Å². The number of methoxy groups -OCH3 is 1. The molecule has 3 rings (SSSR count). The van der Waals surface area contributed by atoms with Crippen LogP contribution in [0.4, 0.5) is 0 Å². The Morgan fingerprint density at radius 3 is 2.57 bits per heavy atom. The summed E-state index contributed by atoms with van der Waals surface area (Å²) in [6, 6.07) is 14.9. The van der Waals surface area contributed by atoms with Gasteiger partial charge in [0.1, 0.15) is 5.75 Å². The lowest BCUT2D eigenvalue weighted by atomic mass is 10.0. The number of hydrogen-bond acceptors (Lipinski definition) is 4. The number of nitrogens with zero attached hydrogens (tertiary/aromatic N) is 2. The zero-order valence-corrected chi connectivity index (χ0v) is 12.6. The highest BCUT2D eigenvalue weighted by molar-refractivity contribution is 6.03. The number of benzene rings is 2. The zero-order chi connectivity index (χ0) is 16.1. The van der Waals surface area contributed by atoms with Crippen LogP contribution in [0, 0.1) is 0 Å². The number of ether oxygens (including phenoxy) is 1. The first-order valence-corrected chi connectivity index (χ1v) is 7.09. The number of pyridine rings is 1. The molecule has 0 spiro atoms. The predicted molar refractivity (Wildman–Crippen MR) is 89.8 cm³/mol. The van der Waals surface area contributed by atoms with Crippen molar-refractivity contribution in [3.8, 4) is 5.75 Å². The van der Waals surface area contributed by atoms with Crippen molar-refractivity contribution in [3.63, 3.8) is 0 Å². The fourth-order valence-corrected chi connectivity index (χ4v) is 2.31. The number of amides is 1. The van der Waals surface area contributed by atoms with E-state index in [0.29, 0.717) is 5.56 Å². The molecule has 1 N–H and O–H groups in total. The smallest absolute Gasteiger partial charge is 0.271 e. The van der Waals surface area contributed by atoms with E-state index in [1.165, 1.54) is 0 Å². The van der Waals surface area contributed by atoms with Crippen LogP contribution in [0.2, 0.25) is 0 Å². The molecule has 3 aromatic rings. The molecule has 5 heteroatoms. The molecular formula is C18H15N3O2. The van der Waals surface area contributed by atoms with Gasteiger partial charge in [0.05, 0.1) is 13.3 Å². The number of aromatic nitrogens is 1. The van der Waals surface area contributed by atoms with Gasteiger partial charge in [-0.05, 0) is 29.7 Å². The predicted octanol–water partition coefficient (Wildman–Crippen LogP) is 3.01. The van der Waals surface area contributed by atoms with E-state index in [0.717, 1.165) is 22.1 Å². The highest BCUT2D eigenvalue weighted by atomic mass is 16.5. The quantitative estimate of drug-likeness (QED) is 0.595. The Kier molecular flexibility index (Phi) is 4.29. The van der Waals surface area contributed by atoms with E-state index in [4.69, 9.17) is 4.74 Å². The van der Waals surface area contributed by atoms with Crippen LogP contribution in [0.1, 0.15) is 15.9 Å². The minimum absolute atomic E-state index is 0.276. The van der Waals surface area contributed by atoms with Crippen molar-refractivity contribution in [2.24, 2.45) is 5.10 Å². The van der Waals surface area contributed by atoms with E-state index in [9.17, 15) is 4.79 Å². The van der Waals surface area contributed by atoms with Crippen LogP contribution in [-0.2, 0) is 0 Å². The third kappa shape index (κ3) is 3.18. The summed E-state index contributed by atoms with van der Waals surface area (Å²) in [5, 5.41) is 6.05. The molecule has 0 bridgehead atoms. The van der Waals surface area contributed by atoms with Crippen LogP contribution in [0.25, 0.3) is 10.8 Å². The number of fused-ring (bicyclic) bond motifs is 1. The molecule has 5 nitrogen and oxygen atoms in total. The maximum Gasteiger partial charge on any atom is 0.271 e. The van der Waals surface area contributed by atoms with Gasteiger partial charge in [-0.15, -0.1) is 0 Å². The molecule has 1 heterocycles. The van der Waals surface area contributed by atoms with Crippen LogP contribution >= 0.6 is 0 Å². The molecule has 1 amide bonds. The first-order valence-electron chi connectivity index (χ1n) is 7.09. The Labute approximate surface area is 133 Å². The lowest BCUT2D eigenvalue weighted by Crippen LogP contribution is -2.17. The van der Waals surface area contributed by atoms with E-state index in [-0.39, 0.29) is 5.91 Å². The zero-order valence-electron chi connectivity index (χ0n) is 12.6. The summed E-state index contributed by atoms with van der Waals surface area (Å²) < 4.78 is 5.36. The Morgan fingerprint density at radius 2 is 1.83 bits per heavy atom. The maximum absolute atomic E-state index is 11.9. The number of hydrazone groups is 1. The molecule has 23 heavy (non-hydrogen) atoms. The van der Waals surface area contributed by atoms with Crippen molar-refractivity contribution in [1.29, 1.82) is 0 Å². The summed E-state index contributed by atoms with van der Waals surface area (Å²) in [6.07, 6.45) is 4.76. The Balaban J connectivity index is 1.83. The fourth-order valence-electron chi connectivity index (χ4n) is 2.31. The normalized spacial score (nSPS) is 10.8. The molecule has 0 saturated carbocycles. The molecule has 0 atom stereocenters. The Hall–Kier alpha value is -3.21. The molecule has 114 valence electrons. The second-order valence-corrected chi connectivity index (χ2v) is 4.84. The van der Waals surface area contributed by atoms with Crippen LogP contribution in [0.5, 0.6) is 5.75 Å². The summed E-state index contributed by atoms with van der Waals surface area (Å²) in [4.78, 5) is 15.8. The minimum atomic E-state index is -0.276. The summed E-state index contributed by atoms with van der Waals surface area (Å²) >= 11 is 0. The molecule has 0 radical (unpaired) electrons. The van der Waals surface area contributed by atoms with E-state index in [1.807, 2.05) is 36.4 Å². The number of carbonyl (C=O) groups is 1. The molecule has 0 aliphatic carbocycles. The second-order valence-electron chi connectivity index (χ2n) is 4.84. The van der Waals surface area contributed by atoms with Gasteiger partial charge in [0.15, 0.2) is 0 Å². The minimum Gasteiger partial charge on any atom is -0.496 e. The average molecular weight is 305 g/mol. The van der Waals surface area contributed by atoms with Crippen molar-refractivity contribution >= 4 is 22.9 Å². The van der Waals surface area contributed by atoms with Gasteiger partial charge < -0.3 is 4.74 Å². The first kappa shape index (κ1) is 14.7. The van der Waals surface area contributed by atoms with Gasteiger partial charge in [0.25, 0.3) is 5.91 Å². The fraction of sp³-hybridized carbons (Fsp3) is 0.0556. The van der Waals surface area contributed by atoms with Crippen molar-refractivity contribution in [1.82, 2.24) is 10.4 Å². The van der Waals surface area contributed by atoms with Gasteiger partial charge in [-0.25, -0.2) is 5.43 Å². The van der Waals surface area contributed by atoms with Gasteiger partial charge in [0, 0.05) is 28.9 Å². The van der Waals surface area contributed by atoms with E-state index < -0.39 is 0 Å². The standard InChI is InChI=1S/C18H15N3O2/c1-23-17-7-6-14(15-4-2-3-5-16(15)17)12-20-21-18(22)13-8-10-19-11-9-13/h2-12H,1H3,(H,21,22)/b20-12-. The van der Waals surface area contributed by atoms with Gasteiger partial charge in [-0.3, -0.25) is 9.78 Å². The third-order valence-electron chi connectivity index (χ3n) is 3.45. The summed E-state index contributed by atoms with van der Waals surface area (Å²) in [6.45, 7) is 0. The average Bonchev–Trinajstić information content (AvgIpc) is 2.62. The molecule has 0 aliphatic rings. The van der Waals surface area contributed by atoms with E-state index >= 15 is 0 Å². The Bertz CT molecular complexity index is 861. The van der Waals surface area contributed by atoms with Crippen LogP contribution in [-0.4, -0.2) is 24.2 Å². The van der Waals surface area contributed by atoms with Gasteiger partial charge in [-0.2, -0.15) is 5.10 Å². The first-order chi connectivity index (χ1) is 11.3. The Morgan fingerprint density at radius 1 is 1.09 bits per heavy atom. The SMILES string of the molecule is COc1ccc(/C=N\NC(=O)c2ccncc2)c2ccccc12. The van der Waals surface area contributed by atoms with Crippen molar-refractivity contribution < 1.29 is 9.53 Å². The molecule has 0 fully saturated rings. The topological polar surface area (TPSA) is 63.6 Å². The van der Waals surface area contributed by atoms with Crippen LogP contribution in [0.15, 0.2) is 66.0 Å². The van der Waals surface area contributed by atoms with Gasteiger partial charge in [-0.1, -0.05) is 24.3 Å². The van der Waals surface area contributed by atoms with Crippen molar-refractivity contribution in [2.45, 2.75) is 0 Å². The number of rotatable bonds is 4. The van der Waals surface area contributed by atoms with Gasteiger partial charge >= 0.3 is 0 Å². The third-order valence-corrected chi connectivity index (χ3v) is 3.45. The van der Waals surface area contributed by atoms with Crippen molar-refractivity contribution in [2.75, 3.05) is 7.11 Å². The van der Waals surface area contributed by atoms with Crippen LogP contribution in [0.3, 0.4) is 0 Å². The number of nitrogens with one attached hydrogen (secondary N) is 1. The van der Waals surface area contributed by atoms with E-state index in [1.54, 1.807) is 37.9 Å².